The molecule has 0 aliphatic heterocycles. The molecule has 0 fully saturated rings. The van der Waals surface area contributed by atoms with Crippen molar-refractivity contribution in [2.45, 2.75) is 19.3 Å². The molecule has 11 aromatic rings. The Kier molecular flexibility index (Phi) is 7.54. The Balaban J connectivity index is 0.952. The van der Waals surface area contributed by atoms with Crippen LogP contribution in [0.25, 0.3) is 88.6 Å². The molecule has 0 saturated heterocycles. The maximum atomic E-state index is 6.36. The van der Waals surface area contributed by atoms with Crippen LogP contribution in [0.1, 0.15) is 25.0 Å². The van der Waals surface area contributed by atoms with Crippen LogP contribution in [0.2, 0.25) is 0 Å². The van der Waals surface area contributed by atoms with Gasteiger partial charge in [-0.25, -0.2) is 4.98 Å². The molecule has 4 heteroatoms. The smallest absolute Gasteiger partial charge is 0.227 e. The first-order valence-electron chi connectivity index (χ1n) is 20.5. The van der Waals surface area contributed by atoms with Crippen molar-refractivity contribution in [3.63, 3.8) is 0 Å². The van der Waals surface area contributed by atoms with Crippen LogP contribution >= 0.6 is 0 Å². The molecule has 0 unspecified atom stereocenters. The SMILES string of the molecule is CC1(C)c2ccccc2-c2cc(N(c3ccc(-c4ccc5oc6cc7nc(-c8ccccc8)oc7cc6c5c4)cc3)c3cccc(-c4ccc5ccccc5c4)c3)ccc21. The summed E-state index contributed by atoms with van der Waals surface area (Å²) in [5.74, 6) is 0.603. The van der Waals surface area contributed by atoms with Gasteiger partial charge in [-0.3, -0.25) is 0 Å². The Hall–Kier alpha value is -7.69. The molecule has 0 spiro atoms. The fourth-order valence-corrected chi connectivity index (χ4v) is 9.37. The predicted molar refractivity (Wildman–Crippen MR) is 247 cm³/mol. The lowest BCUT2D eigenvalue weighted by atomic mass is 9.82. The van der Waals surface area contributed by atoms with E-state index in [1.165, 1.54) is 44.2 Å². The second-order valence-corrected chi connectivity index (χ2v) is 16.4. The Morgan fingerprint density at radius 1 is 0.400 bits per heavy atom. The largest absolute Gasteiger partial charge is 0.456 e. The number of nitrogens with zero attached hydrogens (tertiary/aromatic N) is 2. The van der Waals surface area contributed by atoms with E-state index >= 15 is 0 Å². The van der Waals surface area contributed by atoms with Gasteiger partial charge in [-0.05, 0) is 128 Å². The molecule has 9 aromatic carbocycles. The van der Waals surface area contributed by atoms with E-state index < -0.39 is 0 Å². The van der Waals surface area contributed by atoms with E-state index in [0.29, 0.717) is 5.89 Å². The Morgan fingerprint density at radius 3 is 1.95 bits per heavy atom. The summed E-state index contributed by atoms with van der Waals surface area (Å²) >= 11 is 0. The van der Waals surface area contributed by atoms with E-state index in [2.05, 4.69) is 176 Å². The van der Waals surface area contributed by atoms with Gasteiger partial charge in [-0.2, -0.15) is 0 Å². The Bertz CT molecular complexity index is 3460. The zero-order valence-corrected chi connectivity index (χ0v) is 33.2. The van der Waals surface area contributed by atoms with Gasteiger partial charge in [-0.15, -0.1) is 0 Å². The summed E-state index contributed by atoms with van der Waals surface area (Å²) in [4.78, 5) is 7.16. The van der Waals surface area contributed by atoms with Crippen molar-refractivity contribution in [3.05, 3.63) is 205 Å². The molecule has 1 aliphatic rings. The fourth-order valence-electron chi connectivity index (χ4n) is 9.37. The third kappa shape index (κ3) is 5.49. The van der Waals surface area contributed by atoms with Gasteiger partial charge < -0.3 is 13.7 Å². The van der Waals surface area contributed by atoms with Gasteiger partial charge in [0.25, 0.3) is 0 Å². The van der Waals surface area contributed by atoms with Gasteiger partial charge in [0.2, 0.25) is 5.89 Å². The number of benzene rings is 9. The summed E-state index contributed by atoms with van der Waals surface area (Å²) in [6.45, 7) is 4.67. The van der Waals surface area contributed by atoms with Crippen molar-refractivity contribution in [2.24, 2.45) is 0 Å². The standard InChI is InChI=1S/C56H38N2O2/c1-56(2)49-18-9-8-17-45(49)46-32-44(26-27-50(46)56)58(43-16-10-15-39(30-43)40-20-19-35-11-6-7-14-38(35)29-40)42-24-21-36(22-25-42)41-23-28-52-47(31-41)48-33-54-51(34-53(48)59-52)57-55(60-54)37-12-4-3-5-13-37/h3-34H,1-2H3. The molecule has 0 saturated carbocycles. The highest BCUT2D eigenvalue weighted by atomic mass is 16.4. The number of rotatable bonds is 6. The van der Waals surface area contributed by atoms with E-state index in [1.54, 1.807) is 0 Å². The van der Waals surface area contributed by atoms with Crippen LogP contribution in [-0.2, 0) is 5.41 Å². The third-order valence-corrected chi connectivity index (χ3v) is 12.5. The number of fused-ring (bicyclic) bond motifs is 8. The number of aromatic nitrogens is 1. The minimum Gasteiger partial charge on any atom is -0.456 e. The van der Waals surface area contributed by atoms with Crippen molar-refractivity contribution < 1.29 is 8.83 Å². The lowest BCUT2D eigenvalue weighted by Crippen LogP contribution is -2.15. The molecular formula is C56H38N2O2. The molecule has 1 aliphatic carbocycles. The van der Waals surface area contributed by atoms with Crippen LogP contribution in [0.4, 0.5) is 17.1 Å². The number of hydrogen-bond acceptors (Lipinski definition) is 4. The summed E-state index contributed by atoms with van der Waals surface area (Å²) in [6, 6.07) is 69.5. The first kappa shape index (κ1) is 34.4. The summed E-state index contributed by atoms with van der Waals surface area (Å²) in [5.41, 5.74) is 17.2. The van der Waals surface area contributed by atoms with Crippen molar-refractivity contribution in [1.29, 1.82) is 0 Å². The lowest BCUT2D eigenvalue weighted by molar-refractivity contribution is 0.620. The van der Waals surface area contributed by atoms with Gasteiger partial charge in [0, 0.05) is 44.9 Å². The minimum absolute atomic E-state index is 0.0691. The Morgan fingerprint density at radius 2 is 1.07 bits per heavy atom. The predicted octanol–water partition coefficient (Wildman–Crippen LogP) is 15.7. The van der Waals surface area contributed by atoms with E-state index in [0.717, 1.165) is 66.8 Å². The zero-order chi connectivity index (χ0) is 40.0. The second-order valence-electron chi connectivity index (χ2n) is 16.4. The average molecular weight is 771 g/mol. The van der Waals surface area contributed by atoms with Gasteiger partial charge >= 0.3 is 0 Å². The summed E-state index contributed by atoms with van der Waals surface area (Å²) < 4.78 is 12.6. The van der Waals surface area contributed by atoms with Gasteiger partial charge in [0.1, 0.15) is 16.7 Å². The topological polar surface area (TPSA) is 42.4 Å². The van der Waals surface area contributed by atoms with Crippen molar-refractivity contribution in [3.8, 4) is 44.8 Å². The molecule has 0 radical (unpaired) electrons. The van der Waals surface area contributed by atoms with Gasteiger partial charge in [0.05, 0.1) is 0 Å². The van der Waals surface area contributed by atoms with Crippen molar-refractivity contribution >= 4 is 60.9 Å². The summed E-state index contributed by atoms with van der Waals surface area (Å²) in [7, 11) is 0. The van der Waals surface area contributed by atoms with Crippen LogP contribution in [0.15, 0.2) is 203 Å². The first-order chi connectivity index (χ1) is 29.4. The van der Waals surface area contributed by atoms with Gasteiger partial charge in [0.15, 0.2) is 5.58 Å². The summed E-state index contributed by atoms with van der Waals surface area (Å²) in [5, 5.41) is 4.52. The molecule has 60 heavy (non-hydrogen) atoms. The molecule has 12 rings (SSSR count). The lowest BCUT2D eigenvalue weighted by Gasteiger charge is -2.28. The highest BCUT2D eigenvalue weighted by Gasteiger charge is 2.35. The maximum absolute atomic E-state index is 6.36. The number of oxazole rings is 1. The molecule has 284 valence electrons. The third-order valence-electron chi connectivity index (χ3n) is 12.5. The number of furan rings is 1. The molecular weight excluding hydrogens is 733 g/mol. The highest BCUT2D eigenvalue weighted by molar-refractivity contribution is 6.10. The first-order valence-corrected chi connectivity index (χ1v) is 20.5. The maximum Gasteiger partial charge on any atom is 0.227 e. The van der Waals surface area contributed by atoms with Gasteiger partial charge in [-0.1, -0.05) is 129 Å². The van der Waals surface area contributed by atoms with Crippen LogP contribution in [0, 0.1) is 0 Å². The quantitative estimate of drug-likeness (QED) is 0.169. The summed E-state index contributed by atoms with van der Waals surface area (Å²) in [6.07, 6.45) is 0. The Labute approximate surface area is 347 Å². The van der Waals surface area contributed by atoms with Crippen molar-refractivity contribution in [1.82, 2.24) is 4.98 Å². The molecule has 2 aromatic heterocycles. The highest BCUT2D eigenvalue weighted by Crippen LogP contribution is 2.51. The molecule has 0 atom stereocenters. The molecule has 0 amide bonds. The molecule has 2 heterocycles. The zero-order valence-electron chi connectivity index (χ0n) is 33.2. The van der Waals surface area contributed by atoms with E-state index in [4.69, 9.17) is 13.8 Å². The number of anilines is 3. The second kappa shape index (κ2) is 13.2. The van der Waals surface area contributed by atoms with E-state index in [9.17, 15) is 0 Å². The van der Waals surface area contributed by atoms with Crippen LogP contribution in [-0.4, -0.2) is 4.98 Å². The number of hydrogen-bond donors (Lipinski definition) is 0. The van der Waals surface area contributed by atoms with Crippen LogP contribution < -0.4 is 4.90 Å². The average Bonchev–Trinajstić information content (AvgIpc) is 3.95. The monoisotopic (exact) mass is 770 g/mol. The molecule has 0 N–H and O–H groups in total. The van der Waals surface area contributed by atoms with Crippen LogP contribution in [0.3, 0.4) is 0 Å². The molecule has 4 nitrogen and oxygen atoms in total. The van der Waals surface area contributed by atoms with Crippen LogP contribution in [0.5, 0.6) is 0 Å². The minimum atomic E-state index is -0.0691. The normalized spacial score (nSPS) is 13.0. The van der Waals surface area contributed by atoms with E-state index in [1.807, 2.05) is 36.4 Å². The van der Waals surface area contributed by atoms with E-state index in [-0.39, 0.29) is 5.41 Å². The van der Waals surface area contributed by atoms with Crippen molar-refractivity contribution in [2.75, 3.05) is 4.90 Å². The molecule has 0 bridgehead atoms. The fraction of sp³-hybridized carbons (Fsp3) is 0.0536.